The smallest absolute Gasteiger partial charge is 0.0850 e. The number of hydrogen-bond donors (Lipinski definition) is 2. The highest BCUT2D eigenvalue weighted by molar-refractivity contribution is 5.28. The van der Waals surface area contributed by atoms with E-state index < -0.39 is 0 Å². The van der Waals surface area contributed by atoms with Crippen LogP contribution in [0, 0.1) is 5.92 Å². The van der Waals surface area contributed by atoms with Crippen molar-refractivity contribution >= 4 is 0 Å². The minimum atomic E-state index is 0.0108. The summed E-state index contributed by atoms with van der Waals surface area (Å²) in [5.41, 5.74) is 9.42. The maximum absolute atomic E-state index is 6.07. The lowest BCUT2D eigenvalue weighted by atomic mass is 9.97. The van der Waals surface area contributed by atoms with Gasteiger partial charge in [0.25, 0.3) is 0 Å². The topological polar surface area (TPSA) is 63.9 Å². The van der Waals surface area contributed by atoms with Crippen LogP contribution in [0.4, 0.5) is 0 Å². The summed E-state index contributed by atoms with van der Waals surface area (Å²) >= 11 is 0. The highest BCUT2D eigenvalue weighted by atomic mass is 16.5. The van der Waals surface area contributed by atoms with Crippen LogP contribution in [0.5, 0.6) is 0 Å². The number of nitrogens with one attached hydrogen (secondary N) is 1. The Kier molecular flexibility index (Phi) is 2.56. The monoisotopic (exact) mass is 195 g/mol. The standard InChI is InChI=1S/C10H17N3O/c1-6(2)9(11)10-7-5-14-4-3-8(7)12-13-10/h6,9H,3-5,11H2,1-2H3,(H,12,13)/t9-/m0/s1. The Hall–Kier alpha value is -0.870. The van der Waals surface area contributed by atoms with Gasteiger partial charge in [-0.25, -0.2) is 0 Å². The number of ether oxygens (including phenoxy) is 1. The molecule has 0 saturated carbocycles. The van der Waals surface area contributed by atoms with Crippen molar-refractivity contribution in [1.82, 2.24) is 10.2 Å². The van der Waals surface area contributed by atoms with Gasteiger partial charge in [0.15, 0.2) is 0 Å². The minimum Gasteiger partial charge on any atom is -0.376 e. The van der Waals surface area contributed by atoms with Gasteiger partial charge in [0, 0.05) is 17.7 Å². The number of aromatic amines is 1. The van der Waals surface area contributed by atoms with E-state index in [0.29, 0.717) is 12.5 Å². The van der Waals surface area contributed by atoms with Crippen LogP contribution in [-0.2, 0) is 17.8 Å². The van der Waals surface area contributed by atoms with E-state index in [2.05, 4.69) is 24.0 Å². The summed E-state index contributed by atoms with van der Waals surface area (Å²) in [5.74, 6) is 0.407. The van der Waals surface area contributed by atoms with Crippen LogP contribution in [-0.4, -0.2) is 16.8 Å². The van der Waals surface area contributed by atoms with E-state index in [1.807, 2.05) is 0 Å². The van der Waals surface area contributed by atoms with E-state index in [4.69, 9.17) is 10.5 Å². The molecule has 2 rings (SSSR count). The summed E-state index contributed by atoms with van der Waals surface area (Å²) in [6, 6.07) is 0.0108. The lowest BCUT2D eigenvalue weighted by molar-refractivity contribution is 0.109. The Morgan fingerprint density at radius 1 is 1.50 bits per heavy atom. The number of H-pyrrole nitrogens is 1. The quantitative estimate of drug-likeness (QED) is 0.743. The molecule has 1 aromatic rings. The molecule has 4 nitrogen and oxygen atoms in total. The van der Waals surface area contributed by atoms with E-state index in [1.54, 1.807) is 0 Å². The van der Waals surface area contributed by atoms with E-state index in [-0.39, 0.29) is 6.04 Å². The maximum atomic E-state index is 6.07. The molecule has 3 N–H and O–H groups in total. The van der Waals surface area contributed by atoms with Crippen LogP contribution in [0.15, 0.2) is 0 Å². The molecule has 0 spiro atoms. The van der Waals surface area contributed by atoms with Crippen molar-refractivity contribution in [3.63, 3.8) is 0 Å². The minimum absolute atomic E-state index is 0.0108. The van der Waals surface area contributed by atoms with Crippen molar-refractivity contribution in [2.45, 2.75) is 32.9 Å². The summed E-state index contributed by atoms with van der Waals surface area (Å²) in [6.45, 7) is 5.65. The summed E-state index contributed by atoms with van der Waals surface area (Å²) in [7, 11) is 0. The lowest BCUT2D eigenvalue weighted by Gasteiger charge is -2.17. The van der Waals surface area contributed by atoms with Crippen LogP contribution >= 0.6 is 0 Å². The average Bonchev–Trinajstić information content (AvgIpc) is 2.60. The molecule has 0 aromatic carbocycles. The second-order valence-electron chi connectivity index (χ2n) is 4.14. The van der Waals surface area contributed by atoms with E-state index >= 15 is 0 Å². The zero-order valence-electron chi connectivity index (χ0n) is 8.71. The highest BCUT2D eigenvalue weighted by Gasteiger charge is 2.22. The fraction of sp³-hybridized carbons (Fsp3) is 0.700. The summed E-state index contributed by atoms with van der Waals surface area (Å²) < 4.78 is 5.41. The molecule has 4 heteroatoms. The molecule has 0 radical (unpaired) electrons. The predicted octanol–water partition coefficient (Wildman–Crippen LogP) is 1.14. The van der Waals surface area contributed by atoms with Crippen molar-refractivity contribution in [3.8, 4) is 0 Å². The molecule has 0 aliphatic carbocycles. The molecular weight excluding hydrogens is 178 g/mol. The molecule has 2 heterocycles. The highest BCUT2D eigenvalue weighted by Crippen LogP contribution is 2.25. The zero-order valence-corrected chi connectivity index (χ0v) is 8.71. The Balaban J connectivity index is 2.30. The first-order valence-corrected chi connectivity index (χ1v) is 5.09. The van der Waals surface area contributed by atoms with E-state index in [1.165, 1.54) is 11.3 Å². The van der Waals surface area contributed by atoms with Crippen LogP contribution in [0.1, 0.15) is 36.8 Å². The molecule has 0 amide bonds. The first kappa shape index (κ1) is 9.68. The van der Waals surface area contributed by atoms with Crippen molar-refractivity contribution < 1.29 is 4.74 Å². The number of fused-ring (bicyclic) bond motifs is 1. The van der Waals surface area contributed by atoms with Gasteiger partial charge in [-0.15, -0.1) is 0 Å². The third kappa shape index (κ3) is 1.55. The van der Waals surface area contributed by atoms with E-state index in [0.717, 1.165) is 18.7 Å². The summed E-state index contributed by atoms with van der Waals surface area (Å²) in [5, 5.41) is 7.34. The van der Waals surface area contributed by atoms with Crippen LogP contribution in [0.3, 0.4) is 0 Å². The number of aromatic nitrogens is 2. The second kappa shape index (κ2) is 3.71. The van der Waals surface area contributed by atoms with Gasteiger partial charge in [0.2, 0.25) is 0 Å². The van der Waals surface area contributed by atoms with Gasteiger partial charge in [-0.3, -0.25) is 5.10 Å². The van der Waals surface area contributed by atoms with Crippen LogP contribution in [0.2, 0.25) is 0 Å². The molecule has 1 aliphatic heterocycles. The molecule has 78 valence electrons. The Bertz CT molecular complexity index is 319. The fourth-order valence-corrected chi connectivity index (χ4v) is 1.73. The van der Waals surface area contributed by atoms with Gasteiger partial charge < -0.3 is 10.5 Å². The largest absolute Gasteiger partial charge is 0.376 e. The van der Waals surface area contributed by atoms with E-state index in [9.17, 15) is 0 Å². The Morgan fingerprint density at radius 2 is 2.29 bits per heavy atom. The predicted molar refractivity (Wildman–Crippen MR) is 53.7 cm³/mol. The third-order valence-corrected chi connectivity index (χ3v) is 2.76. The van der Waals surface area contributed by atoms with Crippen molar-refractivity contribution in [2.24, 2.45) is 11.7 Å². The zero-order chi connectivity index (χ0) is 10.1. The van der Waals surface area contributed by atoms with Gasteiger partial charge in [0.1, 0.15) is 0 Å². The molecule has 0 fully saturated rings. The molecule has 1 aromatic heterocycles. The molecule has 0 bridgehead atoms. The van der Waals surface area contributed by atoms with Crippen molar-refractivity contribution in [1.29, 1.82) is 0 Å². The molecule has 14 heavy (non-hydrogen) atoms. The van der Waals surface area contributed by atoms with Gasteiger partial charge in [-0.05, 0) is 5.92 Å². The fourth-order valence-electron chi connectivity index (χ4n) is 1.73. The van der Waals surface area contributed by atoms with Gasteiger partial charge in [-0.2, -0.15) is 5.10 Å². The summed E-state index contributed by atoms with van der Waals surface area (Å²) in [4.78, 5) is 0. The van der Waals surface area contributed by atoms with Crippen molar-refractivity contribution in [3.05, 3.63) is 17.0 Å². The molecule has 0 unspecified atom stereocenters. The molecular formula is C10H17N3O. The average molecular weight is 195 g/mol. The molecule has 1 atom stereocenters. The summed E-state index contributed by atoms with van der Waals surface area (Å²) in [6.07, 6.45) is 0.924. The molecule has 0 saturated heterocycles. The van der Waals surface area contributed by atoms with Gasteiger partial charge in [0.05, 0.1) is 24.9 Å². The molecule has 1 aliphatic rings. The third-order valence-electron chi connectivity index (χ3n) is 2.76. The SMILES string of the molecule is CC(C)[C@H](N)c1n[nH]c2c1COCC2. The number of hydrogen-bond acceptors (Lipinski definition) is 3. The second-order valence-corrected chi connectivity index (χ2v) is 4.14. The van der Waals surface area contributed by atoms with Gasteiger partial charge >= 0.3 is 0 Å². The number of rotatable bonds is 2. The Labute approximate surface area is 83.8 Å². The van der Waals surface area contributed by atoms with Crippen LogP contribution < -0.4 is 5.73 Å². The van der Waals surface area contributed by atoms with Crippen molar-refractivity contribution in [2.75, 3.05) is 6.61 Å². The van der Waals surface area contributed by atoms with Gasteiger partial charge in [-0.1, -0.05) is 13.8 Å². The Morgan fingerprint density at radius 3 is 3.00 bits per heavy atom. The maximum Gasteiger partial charge on any atom is 0.0850 e. The number of nitrogens with two attached hydrogens (primary N) is 1. The lowest BCUT2D eigenvalue weighted by Crippen LogP contribution is -2.20. The first-order valence-electron chi connectivity index (χ1n) is 5.09. The normalized spacial score (nSPS) is 18.3. The first-order chi connectivity index (χ1) is 6.70. The number of nitrogens with zero attached hydrogens (tertiary/aromatic N) is 1. The van der Waals surface area contributed by atoms with Crippen LogP contribution in [0.25, 0.3) is 0 Å².